The molecule has 0 unspecified atom stereocenters. The third-order valence-electron chi connectivity index (χ3n) is 1.20. The van der Waals surface area contributed by atoms with E-state index in [1.807, 2.05) is 39.8 Å². The van der Waals surface area contributed by atoms with Crippen molar-refractivity contribution in [2.75, 3.05) is 27.2 Å². The van der Waals surface area contributed by atoms with E-state index in [1.165, 1.54) is 0 Å². The van der Waals surface area contributed by atoms with E-state index in [1.54, 1.807) is 0 Å². The van der Waals surface area contributed by atoms with Gasteiger partial charge in [0.1, 0.15) is 0 Å². The van der Waals surface area contributed by atoms with Crippen LogP contribution in [0.1, 0.15) is 27.2 Å². The minimum Gasteiger partial charge on any atom is -0.355 e. The number of rotatable bonds is 4. The number of amides is 1. The molecule has 1 amide bonds. The smallest absolute Gasteiger partial charge is 0.219 e. The largest absolute Gasteiger partial charge is 0.355 e. The number of hydrogen-bond acceptors (Lipinski definition) is 2. The maximum absolute atomic E-state index is 10.7. The summed E-state index contributed by atoms with van der Waals surface area (Å²) in [7, 11) is 3.97. The van der Waals surface area contributed by atoms with Gasteiger partial charge in [-0.3, -0.25) is 4.79 Å². The minimum atomic E-state index is 0.127. The molecule has 0 aromatic heterocycles. The Balaban J connectivity index is 0. The molecule has 0 aliphatic rings. The summed E-state index contributed by atoms with van der Waals surface area (Å²) in [5.74, 6) is 0.127. The monoisotopic (exact) mass is 174 g/mol. The topological polar surface area (TPSA) is 32.3 Å². The Morgan fingerprint density at radius 1 is 1.33 bits per heavy atom. The third kappa shape index (κ3) is 12.1. The fraction of sp³-hybridized carbons (Fsp3) is 0.889. The Hall–Kier alpha value is -0.570. The first-order valence-electron chi connectivity index (χ1n) is 4.58. The molecule has 0 heterocycles. The molecule has 3 nitrogen and oxygen atoms in total. The summed E-state index contributed by atoms with van der Waals surface area (Å²) in [4.78, 5) is 12.7. The highest BCUT2D eigenvalue weighted by atomic mass is 16.1. The molecule has 3 heteroatoms. The highest BCUT2D eigenvalue weighted by Crippen LogP contribution is 1.75. The van der Waals surface area contributed by atoms with Gasteiger partial charge in [0.2, 0.25) is 5.91 Å². The Bertz CT molecular complexity index is 103. The van der Waals surface area contributed by atoms with Crippen molar-refractivity contribution in [2.45, 2.75) is 27.2 Å². The first-order valence-corrected chi connectivity index (χ1v) is 4.58. The number of likely N-dealkylation sites (N-methyl/N-ethyl adjacent to an activating group) is 1. The van der Waals surface area contributed by atoms with Crippen LogP contribution in [0.2, 0.25) is 0 Å². The summed E-state index contributed by atoms with van der Waals surface area (Å²) in [6, 6.07) is 0. The van der Waals surface area contributed by atoms with Crippen molar-refractivity contribution in [3.05, 3.63) is 0 Å². The first kappa shape index (κ1) is 14.0. The van der Waals surface area contributed by atoms with Gasteiger partial charge in [0.15, 0.2) is 0 Å². The molecular formula is C9H22N2O. The summed E-state index contributed by atoms with van der Waals surface area (Å²) in [5.41, 5.74) is 0. The molecule has 0 bridgehead atoms. The van der Waals surface area contributed by atoms with E-state index in [4.69, 9.17) is 0 Å². The Kier molecular flexibility index (Phi) is 12.2. The maximum Gasteiger partial charge on any atom is 0.219 e. The molecule has 0 aromatic rings. The van der Waals surface area contributed by atoms with E-state index in [9.17, 15) is 4.79 Å². The molecule has 0 fully saturated rings. The second-order valence-electron chi connectivity index (χ2n) is 2.51. The van der Waals surface area contributed by atoms with Crippen LogP contribution in [0.3, 0.4) is 0 Å². The second kappa shape index (κ2) is 10.4. The Labute approximate surface area is 76.1 Å². The lowest BCUT2D eigenvalue weighted by molar-refractivity contribution is -0.120. The average molecular weight is 174 g/mol. The molecule has 0 saturated heterocycles. The van der Waals surface area contributed by atoms with E-state index in [0.29, 0.717) is 6.42 Å². The Morgan fingerprint density at radius 3 is 2.17 bits per heavy atom. The van der Waals surface area contributed by atoms with Crippen molar-refractivity contribution in [1.29, 1.82) is 0 Å². The van der Waals surface area contributed by atoms with Gasteiger partial charge in [-0.05, 0) is 14.1 Å². The predicted octanol–water partition coefficient (Wildman–Crippen LogP) is 1.10. The Morgan fingerprint density at radius 2 is 1.83 bits per heavy atom. The van der Waals surface area contributed by atoms with Crippen LogP contribution in [-0.2, 0) is 4.79 Å². The summed E-state index contributed by atoms with van der Waals surface area (Å²) in [6.07, 6.45) is 0.577. The number of carbonyl (C=O) groups is 1. The van der Waals surface area contributed by atoms with E-state index >= 15 is 0 Å². The van der Waals surface area contributed by atoms with E-state index in [0.717, 1.165) is 13.1 Å². The first-order chi connectivity index (χ1) is 5.66. The van der Waals surface area contributed by atoms with Crippen LogP contribution >= 0.6 is 0 Å². The average Bonchev–Trinajstić information content (AvgIpc) is 2.07. The normalized spacial score (nSPS) is 8.83. The van der Waals surface area contributed by atoms with E-state index < -0.39 is 0 Å². The molecule has 1 N–H and O–H groups in total. The molecule has 0 aliphatic heterocycles. The number of nitrogens with zero attached hydrogens (tertiary/aromatic N) is 1. The number of carbonyl (C=O) groups excluding carboxylic acids is 1. The number of nitrogens with one attached hydrogen (secondary N) is 1. The van der Waals surface area contributed by atoms with Gasteiger partial charge >= 0.3 is 0 Å². The van der Waals surface area contributed by atoms with E-state index in [-0.39, 0.29) is 5.91 Å². The molecular weight excluding hydrogens is 152 g/mol. The van der Waals surface area contributed by atoms with Gasteiger partial charge in [-0.15, -0.1) is 0 Å². The van der Waals surface area contributed by atoms with Crippen LogP contribution in [0, 0.1) is 0 Å². The molecule has 12 heavy (non-hydrogen) atoms. The van der Waals surface area contributed by atoms with Crippen LogP contribution in [0.5, 0.6) is 0 Å². The van der Waals surface area contributed by atoms with Gasteiger partial charge in [0.05, 0.1) is 0 Å². The summed E-state index contributed by atoms with van der Waals surface area (Å²) < 4.78 is 0. The zero-order chi connectivity index (χ0) is 9.98. The summed E-state index contributed by atoms with van der Waals surface area (Å²) in [6.45, 7) is 7.51. The third-order valence-corrected chi connectivity index (χ3v) is 1.20. The van der Waals surface area contributed by atoms with Gasteiger partial charge in [0, 0.05) is 19.5 Å². The van der Waals surface area contributed by atoms with Gasteiger partial charge < -0.3 is 10.2 Å². The van der Waals surface area contributed by atoms with Crippen LogP contribution in [-0.4, -0.2) is 38.0 Å². The predicted molar refractivity (Wildman–Crippen MR) is 53.2 cm³/mol. The lowest BCUT2D eigenvalue weighted by Gasteiger charge is -2.09. The van der Waals surface area contributed by atoms with Crippen molar-refractivity contribution in [3.8, 4) is 0 Å². The van der Waals surface area contributed by atoms with Crippen LogP contribution < -0.4 is 5.32 Å². The number of hydrogen-bond donors (Lipinski definition) is 1. The molecule has 0 atom stereocenters. The van der Waals surface area contributed by atoms with Crippen molar-refractivity contribution in [3.63, 3.8) is 0 Å². The van der Waals surface area contributed by atoms with Gasteiger partial charge in [0.25, 0.3) is 0 Å². The molecule has 0 radical (unpaired) electrons. The zero-order valence-corrected chi connectivity index (χ0v) is 8.98. The molecule has 0 spiro atoms. The molecule has 0 saturated carbocycles. The highest BCUT2D eigenvalue weighted by Gasteiger charge is 1.94. The fourth-order valence-corrected chi connectivity index (χ4v) is 0.544. The van der Waals surface area contributed by atoms with Gasteiger partial charge in [-0.1, -0.05) is 20.8 Å². The molecule has 0 rings (SSSR count). The molecule has 74 valence electrons. The second-order valence-corrected chi connectivity index (χ2v) is 2.51. The zero-order valence-electron chi connectivity index (χ0n) is 8.98. The van der Waals surface area contributed by atoms with Crippen molar-refractivity contribution in [2.24, 2.45) is 0 Å². The van der Waals surface area contributed by atoms with Gasteiger partial charge in [-0.25, -0.2) is 0 Å². The molecule has 0 aliphatic carbocycles. The van der Waals surface area contributed by atoms with E-state index in [2.05, 4.69) is 5.32 Å². The van der Waals surface area contributed by atoms with Crippen molar-refractivity contribution < 1.29 is 4.79 Å². The summed E-state index contributed by atoms with van der Waals surface area (Å²) >= 11 is 0. The van der Waals surface area contributed by atoms with Crippen molar-refractivity contribution in [1.82, 2.24) is 10.2 Å². The van der Waals surface area contributed by atoms with Crippen molar-refractivity contribution >= 4 is 5.91 Å². The lowest BCUT2D eigenvalue weighted by atomic mass is 10.4. The van der Waals surface area contributed by atoms with Crippen LogP contribution in [0.25, 0.3) is 0 Å². The highest BCUT2D eigenvalue weighted by molar-refractivity contribution is 5.75. The fourth-order valence-electron chi connectivity index (χ4n) is 0.544. The maximum atomic E-state index is 10.7. The molecule has 0 aromatic carbocycles. The van der Waals surface area contributed by atoms with Gasteiger partial charge in [-0.2, -0.15) is 0 Å². The lowest BCUT2D eigenvalue weighted by Crippen LogP contribution is -2.30. The SMILES string of the molecule is CC.CCC(=O)NCCN(C)C. The minimum absolute atomic E-state index is 0.127. The van der Waals surface area contributed by atoms with Crippen LogP contribution in [0.4, 0.5) is 0 Å². The summed E-state index contributed by atoms with van der Waals surface area (Å²) in [5, 5.41) is 2.78. The quantitative estimate of drug-likeness (QED) is 0.692. The standard InChI is InChI=1S/C7H16N2O.C2H6/c1-4-7(10)8-5-6-9(2)3;1-2/h4-6H2,1-3H3,(H,8,10);1-2H3. The van der Waals surface area contributed by atoms with Crippen LogP contribution in [0.15, 0.2) is 0 Å².